The van der Waals surface area contributed by atoms with E-state index in [1.165, 1.54) is 4.57 Å². The van der Waals surface area contributed by atoms with Gasteiger partial charge in [-0.15, -0.1) is 11.8 Å². The Balaban J connectivity index is 2.02. The molecule has 0 aliphatic carbocycles. The first-order valence-corrected chi connectivity index (χ1v) is 6.16. The lowest BCUT2D eigenvalue weighted by Crippen LogP contribution is -2.29. The highest BCUT2D eigenvalue weighted by atomic mass is 32.2. The fourth-order valence-corrected chi connectivity index (χ4v) is 2.53. The molecule has 16 heavy (non-hydrogen) atoms. The van der Waals surface area contributed by atoms with Gasteiger partial charge in [-0.05, 0) is 13.0 Å². The molecule has 1 aliphatic heterocycles. The van der Waals surface area contributed by atoms with E-state index in [1.54, 1.807) is 30.9 Å². The lowest BCUT2D eigenvalue weighted by atomic mass is 10.4. The number of aliphatic hydroxyl groups is 1. The summed E-state index contributed by atoms with van der Waals surface area (Å²) < 4.78 is 7.06. The molecule has 1 N–H and O–H groups in total. The minimum atomic E-state index is -0.249. The summed E-state index contributed by atoms with van der Waals surface area (Å²) in [4.78, 5) is 15.4. The zero-order chi connectivity index (χ0) is 11.5. The van der Waals surface area contributed by atoms with Crippen molar-refractivity contribution in [3.63, 3.8) is 0 Å². The molecule has 2 heterocycles. The molecule has 0 amide bonds. The second-order valence-corrected chi connectivity index (χ2v) is 4.90. The molecule has 1 aliphatic rings. The molecule has 1 aromatic heterocycles. The van der Waals surface area contributed by atoms with Crippen molar-refractivity contribution in [2.24, 2.45) is 0 Å². The van der Waals surface area contributed by atoms with Gasteiger partial charge in [0.25, 0.3) is 0 Å². The minimum absolute atomic E-state index is 0.0161. The van der Waals surface area contributed by atoms with E-state index in [2.05, 4.69) is 4.98 Å². The predicted molar refractivity (Wildman–Crippen MR) is 61.4 cm³/mol. The fourth-order valence-electron chi connectivity index (χ4n) is 1.57. The third-order valence-electron chi connectivity index (χ3n) is 2.38. The molecule has 2 unspecified atom stereocenters. The summed E-state index contributed by atoms with van der Waals surface area (Å²) in [6.45, 7) is 2.30. The van der Waals surface area contributed by atoms with Crippen molar-refractivity contribution >= 4 is 11.8 Å². The number of aliphatic hydroxyl groups excluding tert-OH is 1. The lowest BCUT2D eigenvalue weighted by Gasteiger charge is -2.12. The summed E-state index contributed by atoms with van der Waals surface area (Å²) in [7, 11) is 0. The average Bonchev–Trinajstić information content (AvgIpc) is 2.70. The largest absolute Gasteiger partial charge is 0.393 e. The number of aryl methyl sites for hydroxylation is 1. The van der Waals surface area contributed by atoms with E-state index in [0.717, 1.165) is 11.4 Å². The minimum Gasteiger partial charge on any atom is -0.393 e. The second-order valence-electron chi connectivity index (χ2n) is 3.71. The Morgan fingerprint density at radius 1 is 1.75 bits per heavy atom. The van der Waals surface area contributed by atoms with E-state index < -0.39 is 0 Å². The summed E-state index contributed by atoms with van der Waals surface area (Å²) >= 11 is 1.57. The maximum Gasteiger partial charge on any atom is 0.347 e. The second kappa shape index (κ2) is 4.99. The van der Waals surface area contributed by atoms with Crippen molar-refractivity contribution in [3.8, 4) is 0 Å². The van der Waals surface area contributed by atoms with Gasteiger partial charge in [0.15, 0.2) is 0 Å². The van der Waals surface area contributed by atoms with Crippen LogP contribution >= 0.6 is 11.8 Å². The molecule has 2 rings (SSSR count). The first kappa shape index (κ1) is 11.6. The monoisotopic (exact) mass is 242 g/mol. The van der Waals surface area contributed by atoms with Crippen LogP contribution < -0.4 is 5.69 Å². The van der Waals surface area contributed by atoms with Crippen LogP contribution in [0.25, 0.3) is 0 Å². The zero-order valence-electron chi connectivity index (χ0n) is 9.00. The first-order chi connectivity index (χ1) is 7.69. The zero-order valence-corrected chi connectivity index (χ0v) is 9.81. The van der Waals surface area contributed by atoms with Crippen LogP contribution in [0.1, 0.15) is 5.69 Å². The number of hydrogen-bond acceptors (Lipinski definition) is 5. The maximum absolute atomic E-state index is 11.5. The highest BCUT2D eigenvalue weighted by Gasteiger charge is 2.25. The van der Waals surface area contributed by atoms with E-state index in [9.17, 15) is 4.79 Å². The van der Waals surface area contributed by atoms with Gasteiger partial charge in [-0.3, -0.25) is 4.57 Å². The molecule has 5 nitrogen and oxygen atoms in total. The van der Waals surface area contributed by atoms with Crippen LogP contribution in [0, 0.1) is 6.92 Å². The van der Waals surface area contributed by atoms with Crippen LogP contribution in [0.4, 0.5) is 0 Å². The van der Waals surface area contributed by atoms with E-state index in [0.29, 0.717) is 6.54 Å². The molecular formula is C10H14N2O3S. The van der Waals surface area contributed by atoms with E-state index in [1.807, 2.05) is 0 Å². The van der Waals surface area contributed by atoms with Gasteiger partial charge in [0.2, 0.25) is 0 Å². The lowest BCUT2D eigenvalue weighted by molar-refractivity contribution is 0.0261. The normalized spacial score (nSPS) is 24.9. The number of ether oxygens (including phenoxy) is 1. The first-order valence-electron chi connectivity index (χ1n) is 5.11. The molecule has 0 spiro atoms. The van der Waals surface area contributed by atoms with Gasteiger partial charge in [0, 0.05) is 17.6 Å². The van der Waals surface area contributed by atoms with Crippen molar-refractivity contribution in [2.75, 3.05) is 12.4 Å². The SMILES string of the molecule is Cc1ccn(CC2CSC(CO)O2)c(=O)n1. The highest BCUT2D eigenvalue weighted by Crippen LogP contribution is 2.25. The molecule has 1 fully saturated rings. The third kappa shape index (κ3) is 2.63. The molecule has 6 heteroatoms. The number of thioether (sulfide) groups is 1. The number of nitrogens with zero attached hydrogens (tertiary/aromatic N) is 2. The fraction of sp³-hybridized carbons (Fsp3) is 0.600. The Labute approximate surface area is 97.5 Å². The average molecular weight is 242 g/mol. The van der Waals surface area contributed by atoms with E-state index >= 15 is 0 Å². The van der Waals surface area contributed by atoms with Crippen LogP contribution in [0.3, 0.4) is 0 Å². The topological polar surface area (TPSA) is 64.3 Å². The molecule has 1 saturated heterocycles. The summed E-state index contributed by atoms with van der Waals surface area (Å²) in [5.74, 6) is 0.797. The van der Waals surface area contributed by atoms with E-state index in [4.69, 9.17) is 9.84 Å². The molecule has 0 aromatic carbocycles. The van der Waals surface area contributed by atoms with Gasteiger partial charge in [-0.2, -0.15) is 4.98 Å². The summed E-state index contributed by atoms with van der Waals surface area (Å²) in [6.07, 6.45) is 1.70. The Kier molecular flexibility index (Phi) is 3.63. The third-order valence-corrected chi connectivity index (χ3v) is 3.57. The Morgan fingerprint density at radius 3 is 3.19 bits per heavy atom. The van der Waals surface area contributed by atoms with Gasteiger partial charge in [-0.25, -0.2) is 4.79 Å². The van der Waals surface area contributed by atoms with Crippen LogP contribution in [0.15, 0.2) is 17.1 Å². The molecule has 0 saturated carbocycles. The smallest absolute Gasteiger partial charge is 0.347 e. The standard InChI is InChI=1S/C10H14N2O3S/c1-7-2-3-12(10(14)11-7)4-8-6-16-9(5-13)15-8/h2-3,8-9,13H,4-6H2,1H3. The molecule has 2 atom stereocenters. The van der Waals surface area contributed by atoms with Crippen LogP contribution in [0.2, 0.25) is 0 Å². The number of rotatable bonds is 3. The molecule has 0 bridgehead atoms. The predicted octanol–water partition coefficient (Wildman–Crippen LogP) is 0.00212. The number of aromatic nitrogens is 2. The molecular weight excluding hydrogens is 228 g/mol. The van der Waals surface area contributed by atoms with Crippen molar-refractivity contribution in [3.05, 3.63) is 28.4 Å². The molecule has 1 aromatic rings. The van der Waals surface area contributed by atoms with Crippen molar-refractivity contribution in [1.82, 2.24) is 9.55 Å². The Hall–Kier alpha value is -0.850. The van der Waals surface area contributed by atoms with Gasteiger partial charge in [-0.1, -0.05) is 0 Å². The van der Waals surface area contributed by atoms with Gasteiger partial charge < -0.3 is 9.84 Å². The quantitative estimate of drug-likeness (QED) is 0.808. The highest BCUT2D eigenvalue weighted by molar-refractivity contribution is 8.00. The van der Waals surface area contributed by atoms with Crippen molar-refractivity contribution in [2.45, 2.75) is 25.0 Å². The van der Waals surface area contributed by atoms with Crippen LogP contribution in [-0.2, 0) is 11.3 Å². The molecule has 0 radical (unpaired) electrons. The van der Waals surface area contributed by atoms with Gasteiger partial charge in [0.05, 0.1) is 19.3 Å². The summed E-state index contributed by atoms with van der Waals surface area (Å²) in [5.41, 5.74) is 0.316. The van der Waals surface area contributed by atoms with E-state index in [-0.39, 0.29) is 23.8 Å². The van der Waals surface area contributed by atoms with Gasteiger partial charge in [0.1, 0.15) is 5.44 Å². The van der Waals surface area contributed by atoms with Crippen molar-refractivity contribution in [1.29, 1.82) is 0 Å². The molecule has 88 valence electrons. The summed E-state index contributed by atoms with van der Waals surface area (Å²) in [5, 5.41) is 8.91. The van der Waals surface area contributed by atoms with Crippen LogP contribution in [-0.4, -0.2) is 38.6 Å². The van der Waals surface area contributed by atoms with Crippen LogP contribution in [0.5, 0.6) is 0 Å². The van der Waals surface area contributed by atoms with Gasteiger partial charge >= 0.3 is 5.69 Å². The van der Waals surface area contributed by atoms with Crippen molar-refractivity contribution < 1.29 is 9.84 Å². The maximum atomic E-state index is 11.5. The number of hydrogen-bond donors (Lipinski definition) is 1. The summed E-state index contributed by atoms with van der Waals surface area (Å²) in [6, 6.07) is 1.80. The Bertz CT molecular complexity index is 421. The Morgan fingerprint density at radius 2 is 2.56 bits per heavy atom.